The molecule has 0 bridgehead atoms. The molecule has 7 heterocycles. The van der Waals surface area contributed by atoms with Gasteiger partial charge in [-0.05, 0) is 116 Å². The number of ether oxygens (including phenoxy) is 4. The molecule has 2 aliphatic carbocycles. The second-order valence-corrected chi connectivity index (χ2v) is 18.5. The van der Waals surface area contributed by atoms with Crippen molar-refractivity contribution in [1.29, 1.82) is 0 Å². The standard InChI is InChI=1S/C47H53N9O8/c1-61-46(59)53-41(24-7-11-63-12-8-24)44(57)55-37-18-29(37)20-39(55)34-17-28-15-26(3-5-31(28)50-34)27-4-6-32-33(16-27)48-22-35(51-32)36-23-49-43(52-36)40-21-30-19-38(30)56(40)45(58)42(54-47(60)62-2)25-9-13-64-14-10-25/h3-6,15-16,22-25,29-30,37-42H,7-14,17-21H2,1-2H3,(H,49,52)(H,53,59)(H,54,60)/t29-,30-,37-,38-,39+,40+,41+,42+/m1/s1. The molecule has 17 heteroatoms. The Kier molecular flexibility index (Phi) is 10.6. The average molecular weight is 872 g/mol. The first-order valence-electron chi connectivity index (χ1n) is 22.8. The largest absolute Gasteiger partial charge is 0.453 e. The number of piperidine rings is 2. The van der Waals surface area contributed by atoms with Crippen LogP contribution in [0.5, 0.6) is 0 Å². The number of H-pyrrole nitrogens is 1. The molecule has 6 fully saturated rings. The number of carbonyl (C=O) groups excluding carboxylic acids is 4. The normalized spacial score (nSPS) is 26.9. The molecule has 5 aliphatic heterocycles. The number of rotatable bonds is 10. The number of aliphatic imine (C=N–C) groups is 1. The van der Waals surface area contributed by atoms with E-state index in [-0.39, 0.29) is 47.8 Å². The Bertz CT molecular complexity index is 2530. The molecule has 2 aromatic carbocycles. The highest BCUT2D eigenvalue weighted by Crippen LogP contribution is 2.54. The number of aromatic nitrogens is 4. The molecular formula is C47H53N9O8. The molecule has 3 N–H and O–H groups in total. The Morgan fingerprint density at radius 1 is 0.719 bits per heavy atom. The fourth-order valence-corrected chi connectivity index (χ4v) is 11.2. The van der Waals surface area contributed by atoms with Gasteiger partial charge in [0, 0.05) is 50.6 Å². The van der Waals surface area contributed by atoms with Gasteiger partial charge in [0.25, 0.3) is 0 Å². The fraction of sp³-hybridized carbons (Fsp3) is 0.532. The van der Waals surface area contributed by atoms with Crippen molar-refractivity contribution < 1.29 is 38.1 Å². The van der Waals surface area contributed by atoms with Crippen molar-refractivity contribution in [3.05, 3.63) is 60.2 Å². The predicted octanol–water partition coefficient (Wildman–Crippen LogP) is 5.27. The number of imidazole rings is 1. The monoisotopic (exact) mass is 871 g/mol. The van der Waals surface area contributed by atoms with Crippen LogP contribution >= 0.6 is 0 Å². The molecule has 0 spiro atoms. The Labute approximate surface area is 370 Å². The second-order valence-electron chi connectivity index (χ2n) is 18.5. The van der Waals surface area contributed by atoms with Gasteiger partial charge in [0.15, 0.2) is 0 Å². The van der Waals surface area contributed by atoms with E-state index in [1.54, 1.807) is 12.4 Å². The molecule has 0 radical (unpaired) electrons. The molecule has 334 valence electrons. The number of aromatic amines is 1. The van der Waals surface area contributed by atoms with E-state index < -0.39 is 24.3 Å². The number of fused-ring (bicyclic) bond motifs is 4. The minimum Gasteiger partial charge on any atom is -0.453 e. The van der Waals surface area contributed by atoms with E-state index in [1.807, 2.05) is 21.9 Å². The third-order valence-corrected chi connectivity index (χ3v) is 14.8. The number of likely N-dealkylation sites (tertiary alicyclic amines) is 2. The van der Waals surface area contributed by atoms with Crippen molar-refractivity contribution in [2.45, 2.75) is 94.0 Å². The number of nitrogens with zero attached hydrogens (tertiary/aromatic N) is 6. The van der Waals surface area contributed by atoms with E-state index in [2.05, 4.69) is 39.9 Å². The van der Waals surface area contributed by atoms with Gasteiger partial charge in [0.05, 0.1) is 61.1 Å². The maximum Gasteiger partial charge on any atom is 0.407 e. The van der Waals surface area contributed by atoms with Crippen molar-refractivity contribution in [2.24, 2.45) is 28.7 Å². The molecule has 4 aromatic rings. The summed E-state index contributed by atoms with van der Waals surface area (Å²) in [6.45, 7) is 2.24. The zero-order valence-electron chi connectivity index (χ0n) is 36.0. The summed E-state index contributed by atoms with van der Waals surface area (Å²) in [5.74, 6) is 1.35. The molecule has 2 aromatic heterocycles. The molecule has 4 saturated heterocycles. The van der Waals surface area contributed by atoms with E-state index in [9.17, 15) is 19.2 Å². The van der Waals surface area contributed by atoms with Crippen molar-refractivity contribution in [2.75, 3.05) is 40.6 Å². The van der Waals surface area contributed by atoms with Crippen LogP contribution in [0.25, 0.3) is 33.5 Å². The lowest BCUT2D eigenvalue weighted by Gasteiger charge is -2.36. The summed E-state index contributed by atoms with van der Waals surface area (Å²) < 4.78 is 21.0. The van der Waals surface area contributed by atoms with Crippen LogP contribution in [0.1, 0.15) is 68.8 Å². The Hall–Kier alpha value is -5.94. The van der Waals surface area contributed by atoms with Crippen LogP contribution in [0.3, 0.4) is 0 Å². The maximum absolute atomic E-state index is 14.3. The number of alkyl carbamates (subject to hydrolysis) is 2. The summed E-state index contributed by atoms with van der Waals surface area (Å²) in [6, 6.07) is 11.0. The van der Waals surface area contributed by atoms with Gasteiger partial charge in [-0.3, -0.25) is 19.6 Å². The molecule has 64 heavy (non-hydrogen) atoms. The SMILES string of the molecule is COC(=O)N[C@H](C(=O)N1[C@@H]2C[C@@H]2C[C@H]1C1=Nc2ccc(-c3ccc4nc(-c5cnc([C@@H]6C[C@H]7C[C@H]7N6C(=O)[C@@H](NC(=O)OC)C6CCOCC6)[nH]5)cnc4c3)cc2C1)C1CCOCC1. The minimum atomic E-state index is -0.697. The molecular weight excluding hydrogens is 819 g/mol. The summed E-state index contributed by atoms with van der Waals surface area (Å²) in [4.78, 5) is 80.5. The van der Waals surface area contributed by atoms with Gasteiger partial charge < -0.3 is 44.4 Å². The summed E-state index contributed by atoms with van der Waals surface area (Å²) >= 11 is 0. The molecule has 7 aliphatic rings. The van der Waals surface area contributed by atoms with Crippen LogP contribution < -0.4 is 10.6 Å². The number of amides is 4. The summed E-state index contributed by atoms with van der Waals surface area (Å²) in [5, 5.41) is 5.72. The van der Waals surface area contributed by atoms with Crippen LogP contribution in [-0.4, -0.2) is 130 Å². The number of nitrogens with one attached hydrogen (secondary N) is 3. The lowest BCUT2D eigenvalue weighted by atomic mass is 9.90. The minimum absolute atomic E-state index is 0.0153. The first-order chi connectivity index (χ1) is 31.2. The number of hydrogen-bond acceptors (Lipinski definition) is 12. The molecule has 11 rings (SSSR count). The Morgan fingerprint density at radius 2 is 1.31 bits per heavy atom. The van der Waals surface area contributed by atoms with Gasteiger partial charge in [-0.1, -0.05) is 12.1 Å². The van der Waals surface area contributed by atoms with Crippen molar-refractivity contribution in [3.8, 4) is 22.5 Å². The predicted molar refractivity (Wildman–Crippen MR) is 232 cm³/mol. The first kappa shape index (κ1) is 40.8. The zero-order chi connectivity index (χ0) is 43.6. The van der Waals surface area contributed by atoms with E-state index >= 15 is 0 Å². The number of carbonyl (C=O) groups is 4. The van der Waals surface area contributed by atoms with E-state index in [0.29, 0.717) is 87.6 Å². The number of methoxy groups -OCH3 is 2. The third kappa shape index (κ3) is 7.55. The van der Waals surface area contributed by atoms with Gasteiger partial charge in [0.1, 0.15) is 23.6 Å². The lowest BCUT2D eigenvalue weighted by molar-refractivity contribution is -0.138. The average Bonchev–Trinajstić information content (AvgIpc) is 3.95. The fourth-order valence-electron chi connectivity index (χ4n) is 11.2. The molecule has 0 unspecified atom stereocenters. The third-order valence-electron chi connectivity index (χ3n) is 14.8. The summed E-state index contributed by atoms with van der Waals surface area (Å²) in [6.07, 6.45) is 9.35. The number of hydrogen-bond donors (Lipinski definition) is 3. The van der Waals surface area contributed by atoms with Crippen LogP contribution in [0.2, 0.25) is 0 Å². The molecule has 8 atom stereocenters. The highest BCUT2D eigenvalue weighted by Gasteiger charge is 2.58. The van der Waals surface area contributed by atoms with Gasteiger partial charge >= 0.3 is 12.2 Å². The van der Waals surface area contributed by atoms with Crippen LogP contribution in [0.4, 0.5) is 15.3 Å². The van der Waals surface area contributed by atoms with Crippen LogP contribution in [-0.2, 0) is 35.0 Å². The Balaban J connectivity index is 0.780. The first-order valence-corrected chi connectivity index (χ1v) is 22.8. The smallest absolute Gasteiger partial charge is 0.407 e. The van der Waals surface area contributed by atoms with Crippen molar-refractivity contribution >= 4 is 46.4 Å². The number of benzene rings is 2. The summed E-state index contributed by atoms with van der Waals surface area (Å²) in [7, 11) is 2.64. The zero-order valence-corrected chi connectivity index (χ0v) is 36.0. The van der Waals surface area contributed by atoms with Crippen LogP contribution in [0.15, 0.2) is 53.8 Å². The quantitative estimate of drug-likeness (QED) is 0.187. The van der Waals surface area contributed by atoms with Crippen molar-refractivity contribution in [1.82, 2.24) is 40.4 Å². The van der Waals surface area contributed by atoms with Gasteiger partial charge in [-0.2, -0.15) is 0 Å². The van der Waals surface area contributed by atoms with Gasteiger partial charge in [-0.15, -0.1) is 0 Å². The molecule has 2 saturated carbocycles. The maximum atomic E-state index is 14.3. The molecule has 4 amide bonds. The van der Waals surface area contributed by atoms with Gasteiger partial charge in [-0.25, -0.2) is 19.6 Å². The Morgan fingerprint density at radius 3 is 1.95 bits per heavy atom. The summed E-state index contributed by atoms with van der Waals surface area (Å²) in [5.41, 5.74) is 7.92. The highest BCUT2D eigenvalue weighted by molar-refractivity contribution is 6.02. The van der Waals surface area contributed by atoms with Gasteiger partial charge in [0.2, 0.25) is 11.8 Å². The topological polar surface area (TPSA) is 203 Å². The lowest BCUT2D eigenvalue weighted by Crippen LogP contribution is -2.56. The second kappa shape index (κ2) is 16.6. The van der Waals surface area contributed by atoms with Crippen molar-refractivity contribution in [3.63, 3.8) is 0 Å². The van der Waals surface area contributed by atoms with E-state index in [4.69, 9.17) is 38.9 Å². The highest BCUT2D eigenvalue weighted by atomic mass is 16.5. The van der Waals surface area contributed by atoms with E-state index in [1.165, 1.54) is 14.2 Å². The van der Waals surface area contributed by atoms with E-state index in [0.717, 1.165) is 64.8 Å². The molecule has 17 nitrogen and oxygen atoms in total. The van der Waals surface area contributed by atoms with Crippen LogP contribution in [0, 0.1) is 23.7 Å².